The van der Waals surface area contributed by atoms with Gasteiger partial charge < -0.3 is 5.32 Å². The van der Waals surface area contributed by atoms with Crippen molar-refractivity contribution >= 4 is 27.7 Å². The van der Waals surface area contributed by atoms with E-state index in [1.54, 1.807) is 0 Å². The number of fused-ring (bicyclic) bond motifs is 1. The SMILES string of the molecule is CCCn1ncc(Br)c1C(NC)C1CSc2ccccc21. The Labute approximate surface area is 138 Å². The van der Waals surface area contributed by atoms with Gasteiger partial charge in [0.2, 0.25) is 0 Å². The maximum Gasteiger partial charge on any atom is 0.0702 e. The summed E-state index contributed by atoms with van der Waals surface area (Å²) in [5.41, 5.74) is 2.72. The van der Waals surface area contributed by atoms with Gasteiger partial charge in [-0.25, -0.2) is 0 Å². The fraction of sp³-hybridized carbons (Fsp3) is 0.438. The molecule has 2 unspecified atom stereocenters. The van der Waals surface area contributed by atoms with Gasteiger partial charge in [0.05, 0.1) is 22.4 Å². The van der Waals surface area contributed by atoms with Crippen molar-refractivity contribution in [3.05, 3.63) is 46.2 Å². The average Bonchev–Trinajstić information content (AvgIpc) is 3.07. The van der Waals surface area contributed by atoms with E-state index < -0.39 is 0 Å². The van der Waals surface area contributed by atoms with E-state index in [0.717, 1.165) is 23.2 Å². The summed E-state index contributed by atoms with van der Waals surface area (Å²) in [7, 11) is 2.05. The van der Waals surface area contributed by atoms with Gasteiger partial charge in [-0.3, -0.25) is 4.68 Å². The van der Waals surface area contributed by atoms with E-state index in [9.17, 15) is 0 Å². The molecule has 2 aromatic rings. The van der Waals surface area contributed by atoms with E-state index in [1.807, 2.05) is 25.0 Å². The molecule has 1 N–H and O–H groups in total. The van der Waals surface area contributed by atoms with Gasteiger partial charge >= 0.3 is 0 Å². The third-order valence-electron chi connectivity index (χ3n) is 4.01. The molecule has 3 rings (SSSR count). The molecule has 0 aliphatic carbocycles. The first-order valence-electron chi connectivity index (χ1n) is 7.36. The van der Waals surface area contributed by atoms with Crippen LogP contribution >= 0.6 is 27.7 Å². The minimum atomic E-state index is 0.282. The van der Waals surface area contributed by atoms with Crippen LogP contribution < -0.4 is 5.32 Å². The summed E-state index contributed by atoms with van der Waals surface area (Å²) in [6, 6.07) is 9.04. The number of nitrogens with zero attached hydrogens (tertiary/aromatic N) is 2. The summed E-state index contributed by atoms with van der Waals surface area (Å²) in [6.07, 6.45) is 3.01. The molecule has 0 amide bonds. The van der Waals surface area contributed by atoms with Crippen LogP contribution in [0.3, 0.4) is 0 Å². The van der Waals surface area contributed by atoms with Crippen LogP contribution in [0.5, 0.6) is 0 Å². The van der Waals surface area contributed by atoms with Gasteiger partial charge in [0.15, 0.2) is 0 Å². The quantitative estimate of drug-likeness (QED) is 0.860. The summed E-state index contributed by atoms with van der Waals surface area (Å²) < 4.78 is 3.24. The van der Waals surface area contributed by atoms with E-state index in [1.165, 1.54) is 16.2 Å². The lowest BCUT2D eigenvalue weighted by molar-refractivity contribution is 0.453. The summed E-state index contributed by atoms with van der Waals surface area (Å²) >= 11 is 5.64. The Hall–Kier alpha value is -0.780. The minimum absolute atomic E-state index is 0.282. The molecule has 0 saturated heterocycles. The van der Waals surface area contributed by atoms with Crippen molar-refractivity contribution in [2.45, 2.75) is 36.7 Å². The van der Waals surface area contributed by atoms with Crippen molar-refractivity contribution in [2.24, 2.45) is 0 Å². The van der Waals surface area contributed by atoms with E-state index >= 15 is 0 Å². The molecule has 2 atom stereocenters. The monoisotopic (exact) mass is 365 g/mol. The highest BCUT2D eigenvalue weighted by atomic mass is 79.9. The van der Waals surface area contributed by atoms with Crippen molar-refractivity contribution in [2.75, 3.05) is 12.8 Å². The molecule has 112 valence electrons. The molecule has 0 fully saturated rings. The molecule has 3 nitrogen and oxygen atoms in total. The molecule has 2 heterocycles. The molecule has 1 aromatic heterocycles. The van der Waals surface area contributed by atoms with E-state index in [0.29, 0.717) is 5.92 Å². The number of benzene rings is 1. The Morgan fingerprint density at radius 3 is 3.05 bits per heavy atom. The number of hydrogen-bond donors (Lipinski definition) is 1. The van der Waals surface area contributed by atoms with Crippen molar-refractivity contribution in [3.63, 3.8) is 0 Å². The number of thioether (sulfide) groups is 1. The second kappa shape index (κ2) is 6.55. The topological polar surface area (TPSA) is 29.9 Å². The molecule has 0 spiro atoms. The summed E-state index contributed by atoms with van der Waals surface area (Å²) in [4.78, 5) is 1.42. The van der Waals surface area contributed by atoms with Gasteiger partial charge in [0, 0.05) is 23.1 Å². The van der Waals surface area contributed by atoms with Crippen LogP contribution in [0.25, 0.3) is 0 Å². The molecule has 1 aliphatic heterocycles. The lowest BCUT2D eigenvalue weighted by Crippen LogP contribution is -2.27. The first-order chi connectivity index (χ1) is 10.3. The molecule has 0 bridgehead atoms. The van der Waals surface area contributed by atoms with Crippen LogP contribution in [0, 0.1) is 0 Å². The zero-order chi connectivity index (χ0) is 14.8. The maximum atomic E-state index is 4.52. The third-order valence-corrected chi connectivity index (χ3v) is 5.83. The van der Waals surface area contributed by atoms with E-state index in [4.69, 9.17) is 0 Å². The second-order valence-electron chi connectivity index (χ2n) is 5.32. The smallest absolute Gasteiger partial charge is 0.0702 e. The number of likely N-dealkylation sites (N-methyl/N-ethyl adjacent to an activating group) is 1. The predicted molar refractivity (Wildman–Crippen MR) is 91.9 cm³/mol. The van der Waals surface area contributed by atoms with Gasteiger partial charge in [-0.15, -0.1) is 11.8 Å². The number of halogens is 1. The van der Waals surface area contributed by atoms with Crippen LogP contribution in [-0.4, -0.2) is 22.6 Å². The van der Waals surface area contributed by atoms with Crippen LogP contribution in [0.2, 0.25) is 0 Å². The number of rotatable bonds is 5. The molecular formula is C16H20BrN3S. The standard InChI is InChI=1S/C16H20BrN3S/c1-3-8-20-16(13(17)9-19-20)15(18-2)12-10-21-14-7-5-4-6-11(12)14/h4-7,9,12,15,18H,3,8,10H2,1-2H3. The molecule has 0 radical (unpaired) electrons. The predicted octanol–water partition coefficient (Wildman–Crippen LogP) is 4.21. The maximum absolute atomic E-state index is 4.52. The van der Waals surface area contributed by atoms with Crippen molar-refractivity contribution in [3.8, 4) is 0 Å². The lowest BCUT2D eigenvalue weighted by atomic mass is 9.91. The summed E-state index contributed by atoms with van der Waals surface area (Å²) in [5.74, 6) is 1.61. The van der Waals surface area contributed by atoms with Crippen LogP contribution in [0.4, 0.5) is 0 Å². The zero-order valence-electron chi connectivity index (χ0n) is 12.3. The average molecular weight is 366 g/mol. The van der Waals surface area contributed by atoms with Crippen molar-refractivity contribution in [1.29, 1.82) is 0 Å². The Morgan fingerprint density at radius 1 is 1.48 bits per heavy atom. The summed E-state index contributed by atoms with van der Waals surface area (Å²) in [6.45, 7) is 3.15. The van der Waals surface area contributed by atoms with Gasteiger partial charge in [0.25, 0.3) is 0 Å². The first-order valence-corrected chi connectivity index (χ1v) is 9.14. The van der Waals surface area contributed by atoms with Crippen molar-refractivity contribution < 1.29 is 0 Å². The van der Waals surface area contributed by atoms with E-state index in [2.05, 4.69) is 62.2 Å². The molecule has 0 saturated carbocycles. The highest BCUT2D eigenvalue weighted by molar-refractivity contribution is 9.10. The van der Waals surface area contributed by atoms with Gasteiger partial charge in [-0.2, -0.15) is 5.10 Å². The third kappa shape index (κ3) is 2.79. The second-order valence-corrected chi connectivity index (χ2v) is 7.24. The summed E-state index contributed by atoms with van der Waals surface area (Å²) in [5, 5.41) is 8.05. The normalized spacial score (nSPS) is 18.7. The molecule has 1 aromatic carbocycles. The van der Waals surface area contributed by atoms with Gasteiger partial charge in [-0.05, 0) is 41.0 Å². The Balaban J connectivity index is 1.99. The molecule has 21 heavy (non-hydrogen) atoms. The number of hydrogen-bond acceptors (Lipinski definition) is 3. The number of nitrogens with one attached hydrogen (secondary N) is 1. The highest BCUT2D eigenvalue weighted by Gasteiger charge is 2.33. The van der Waals surface area contributed by atoms with Crippen molar-refractivity contribution in [1.82, 2.24) is 15.1 Å². The largest absolute Gasteiger partial charge is 0.311 e. The molecule has 1 aliphatic rings. The van der Waals surface area contributed by atoms with Crippen LogP contribution in [0.1, 0.15) is 36.6 Å². The highest BCUT2D eigenvalue weighted by Crippen LogP contribution is 2.46. The molecule has 5 heteroatoms. The van der Waals surface area contributed by atoms with Crippen LogP contribution in [0.15, 0.2) is 39.8 Å². The lowest BCUT2D eigenvalue weighted by Gasteiger charge is -2.25. The Kier molecular flexibility index (Phi) is 4.72. The van der Waals surface area contributed by atoms with Gasteiger partial charge in [0.1, 0.15) is 0 Å². The number of aryl methyl sites for hydroxylation is 1. The van der Waals surface area contributed by atoms with E-state index in [-0.39, 0.29) is 6.04 Å². The zero-order valence-corrected chi connectivity index (χ0v) is 14.7. The Bertz CT molecular complexity index is 626. The van der Waals surface area contributed by atoms with Gasteiger partial charge in [-0.1, -0.05) is 25.1 Å². The minimum Gasteiger partial charge on any atom is -0.311 e. The Morgan fingerprint density at radius 2 is 2.29 bits per heavy atom. The first kappa shape index (κ1) is 15.1. The molecular weight excluding hydrogens is 346 g/mol. The van der Waals surface area contributed by atoms with Crippen LogP contribution in [-0.2, 0) is 6.54 Å². The fourth-order valence-corrected chi connectivity index (χ4v) is 4.90. The number of aromatic nitrogens is 2. The fourth-order valence-electron chi connectivity index (χ4n) is 3.06.